The molecule has 0 fully saturated rings. The first kappa shape index (κ1) is 29.6. The number of ether oxygens (including phenoxy) is 2. The van der Waals surface area contributed by atoms with Crippen molar-refractivity contribution in [2.45, 2.75) is 6.54 Å². The molecule has 0 saturated carbocycles. The number of carbonyl (C=O) groups excluding carboxylic acids is 2. The van der Waals surface area contributed by atoms with E-state index in [1.165, 1.54) is 14.2 Å². The summed E-state index contributed by atoms with van der Waals surface area (Å²) < 4.78 is 10.5. The highest BCUT2D eigenvalue weighted by Gasteiger charge is 2.32. The molecular formula is C35H31N5O4. The summed E-state index contributed by atoms with van der Waals surface area (Å²) in [6.07, 6.45) is 0. The van der Waals surface area contributed by atoms with Crippen molar-refractivity contribution in [1.82, 2.24) is 4.98 Å². The second kappa shape index (κ2) is 13.0. The lowest BCUT2D eigenvalue weighted by Crippen LogP contribution is -2.38. The number of nitrogens with zero attached hydrogens (tertiary/aromatic N) is 4. The monoisotopic (exact) mass is 585 g/mol. The highest BCUT2D eigenvalue weighted by molar-refractivity contribution is 6.26. The van der Waals surface area contributed by atoms with Crippen molar-refractivity contribution in [2.75, 3.05) is 43.4 Å². The maximum atomic E-state index is 14.2. The summed E-state index contributed by atoms with van der Waals surface area (Å²) in [5.41, 5.74) is 3.30. The number of benzene rings is 4. The van der Waals surface area contributed by atoms with Crippen LogP contribution >= 0.6 is 0 Å². The first-order valence-electron chi connectivity index (χ1n) is 13.8. The van der Waals surface area contributed by atoms with Crippen molar-refractivity contribution in [3.8, 4) is 17.6 Å². The zero-order valence-corrected chi connectivity index (χ0v) is 24.9. The number of pyridine rings is 1. The molecule has 0 aliphatic heterocycles. The van der Waals surface area contributed by atoms with Crippen LogP contribution in [0.4, 0.5) is 17.2 Å². The lowest BCUT2D eigenvalue weighted by molar-refractivity contribution is 0.0896. The highest BCUT2D eigenvalue weighted by Crippen LogP contribution is 2.39. The number of carbonyl (C=O) groups is 2. The summed E-state index contributed by atoms with van der Waals surface area (Å²) in [5.74, 6) is -0.253. The molecule has 9 nitrogen and oxygen atoms in total. The Bertz CT molecular complexity index is 1790. The molecular weight excluding hydrogens is 554 g/mol. The van der Waals surface area contributed by atoms with Gasteiger partial charge < -0.3 is 19.7 Å². The Morgan fingerprint density at radius 3 is 1.86 bits per heavy atom. The Morgan fingerprint density at radius 1 is 0.795 bits per heavy atom. The number of amides is 2. The molecule has 0 aliphatic carbocycles. The normalized spacial score (nSPS) is 10.5. The van der Waals surface area contributed by atoms with Gasteiger partial charge in [-0.05, 0) is 66.2 Å². The van der Waals surface area contributed by atoms with Crippen LogP contribution in [0.15, 0.2) is 97.1 Å². The third-order valence-corrected chi connectivity index (χ3v) is 7.17. The summed E-state index contributed by atoms with van der Waals surface area (Å²) in [5, 5.41) is 14.8. The third kappa shape index (κ3) is 5.87. The number of imide groups is 1. The smallest absolute Gasteiger partial charge is 0.266 e. The summed E-state index contributed by atoms with van der Waals surface area (Å²) in [4.78, 5) is 36.1. The van der Waals surface area contributed by atoms with E-state index in [0.29, 0.717) is 34.6 Å². The Balaban J connectivity index is 1.75. The largest absolute Gasteiger partial charge is 0.497 e. The quantitative estimate of drug-likeness (QED) is 0.201. The second-order valence-corrected chi connectivity index (χ2v) is 10.1. The number of anilines is 3. The van der Waals surface area contributed by atoms with E-state index in [-0.39, 0.29) is 22.5 Å². The van der Waals surface area contributed by atoms with Gasteiger partial charge in [0.15, 0.2) is 5.82 Å². The van der Waals surface area contributed by atoms with Crippen molar-refractivity contribution in [1.29, 1.82) is 5.26 Å². The molecule has 220 valence electrons. The summed E-state index contributed by atoms with van der Waals surface area (Å²) >= 11 is 0. The number of hydrogen-bond acceptors (Lipinski definition) is 8. The van der Waals surface area contributed by atoms with Crippen LogP contribution in [0.25, 0.3) is 10.9 Å². The minimum atomic E-state index is -0.644. The van der Waals surface area contributed by atoms with Gasteiger partial charge in [-0.25, -0.2) is 9.88 Å². The maximum absolute atomic E-state index is 14.2. The molecule has 0 radical (unpaired) electrons. The molecule has 0 unspecified atom stereocenters. The molecule has 0 bridgehead atoms. The van der Waals surface area contributed by atoms with Crippen LogP contribution < -0.4 is 24.6 Å². The molecule has 9 heteroatoms. The molecule has 0 aliphatic rings. The van der Waals surface area contributed by atoms with E-state index in [2.05, 4.69) is 11.4 Å². The lowest BCUT2D eigenvalue weighted by atomic mass is 10.0. The molecule has 0 saturated heterocycles. The van der Waals surface area contributed by atoms with Gasteiger partial charge in [0.1, 0.15) is 23.1 Å². The summed E-state index contributed by atoms with van der Waals surface area (Å²) in [6, 6.07) is 30.4. The number of rotatable bonds is 9. The molecule has 1 aromatic heterocycles. The minimum Gasteiger partial charge on any atom is -0.497 e. The van der Waals surface area contributed by atoms with Gasteiger partial charge in [0.05, 0.1) is 25.4 Å². The zero-order chi connectivity index (χ0) is 31.2. The Hall–Kier alpha value is -5.88. The Kier molecular flexibility index (Phi) is 8.72. The van der Waals surface area contributed by atoms with E-state index >= 15 is 0 Å². The molecule has 0 spiro atoms. The van der Waals surface area contributed by atoms with Crippen molar-refractivity contribution in [2.24, 2.45) is 0 Å². The second-order valence-electron chi connectivity index (χ2n) is 10.1. The number of aromatic nitrogens is 1. The van der Waals surface area contributed by atoms with Gasteiger partial charge in [-0.15, -0.1) is 0 Å². The number of nitriles is 1. The first-order valence-corrected chi connectivity index (χ1v) is 13.8. The van der Waals surface area contributed by atoms with E-state index in [9.17, 15) is 14.9 Å². The highest BCUT2D eigenvalue weighted by atomic mass is 16.5. The van der Waals surface area contributed by atoms with E-state index < -0.39 is 11.8 Å². The van der Waals surface area contributed by atoms with Gasteiger partial charge in [0.25, 0.3) is 11.8 Å². The van der Waals surface area contributed by atoms with E-state index in [1.807, 2.05) is 61.5 Å². The number of fused-ring (bicyclic) bond motifs is 1. The maximum Gasteiger partial charge on any atom is 0.266 e. The van der Waals surface area contributed by atoms with Crippen LogP contribution in [0.3, 0.4) is 0 Å². The van der Waals surface area contributed by atoms with Crippen LogP contribution in [0.5, 0.6) is 11.5 Å². The van der Waals surface area contributed by atoms with Crippen LogP contribution in [-0.2, 0) is 6.54 Å². The molecule has 1 heterocycles. The fraction of sp³-hybridized carbons (Fsp3) is 0.143. The molecule has 4 aromatic carbocycles. The number of hydrogen-bond donors (Lipinski definition) is 1. The van der Waals surface area contributed by atoms with Crippen LogP contribution in [0.1, 0.15) is 31.8 Å². The number of methoxy groups -OCH3 is 2. The summed E-state index contributed by atoms with van der Waals surface area (Å²) in [6.45, 7) is 0.398. The molecule has 5 rings (SSSR count). The van der Waals surface area contributed by atoms with Crippen molar-refractivity contribution in [3.63, 3.8) is 0 Å². The molecule has 0 atom stereocenters. The van der Waals surface area contributed by atoms with E-state index in [1.54, 1.807) is 54.6 Å². The van der Waals surface area contributed by atoms with Crippen molar-refractivity contribution in [3.05, 3.63) is 119 Å². The molecule has 2 amide bonds. The standard InChI is InChI=1S/C35H31N5O4/c1-39(2)30-12-8-11-29-31(30)32(37-22-23-9-6-5-7-10-23)28(21-36)33(38-29)40(34(41)24-13-17-26(43-3)18-14-24)35(42)25-15-19-27(44-4)20-16-25/h5-20H,22H2,1-4H3,(H,37,38). The predicted octanol–water partition coefficient (Wildman–Crippen LogP) is 6.29. The Morgan fingerprint density at radius 2 is 1.36 bits per heavy atom. The average Bonchev–Trinajstić information content (AvgIpc) is 3.07. The van der Waals surface area contributed by atoms with E-state index in [0.717, 1.165) is 16.2 Å². The van der Waals surface area contributed by atoms with Gasteiger partial charge >= 0.3 is 0 Å². The fourth-order valence-corrected chi connectivity index (χ4v) is 4.90. The molecule has 1 N–H and O–H groups in total. The van der Waals surface area contributed by atoms with Crippen LogP contribution in [0.2, 0.25) is 0 Å². The van der Waals surface area contributed by atoms with Crippen LogP contribution in [0, 0.1) is 11.3 Å². The average molecular weight is 586 g/mol. The van der Waals surface area contributed by atoms with Gasteiger partial charge in [0, 0.05) is 42.8 Å². The Labute approximate surface area is 255 Å². The fourth-order valence-electron chi connectivity index (χ4n) is 4.90. The minimum absolute atomic E-state index is 0.0615. The van der Waals surface area contributed by atoms with Gasteiger partial charge in [-0.3, -0.25) is 9.59 Å². The van der Waals surface area contributed by atoms with Crippen molar-refractivity contribution < 1.29 is 19.1 Å². The van der Waals surface area contributed by atoms with E-state index in [4.69, 9.17) is 14.5 Å². The zero-order valence-electron chi connectivity index (χ0n) is 24.9. The van der Waals surface area contributed by atoms with Crippen molar-refractivity contribution >= 4 is 39.9 Å². The molecule has 44 heavy (non-hydrogen) atoms. The number of nitrogens with one attached hydrogen (secondary N) is 1. The SMILES string of the molecule is COc1ccc(C(=O)N(C(=O)c2ccc(OC)cc2)c2nc3cccc(N(C)C)c3c(NCc3ccccc3)c2C#N)cc1. The first-order chi connectivity index (χ1) is 21.4. The van der Waals surface area contributed by atoms with Gasteiger partial charge in [-0.2, -0.15) is 5.26 Å². The lowest BCUT2D eigenvalue weighted by Gasteiger charge is -2.25. The molecule has 5 aromatic rings. The van der Waals surface area contributed by atoms with Gasteiger partial charge in [0.2, 0.25) is 0 Å². The van der Waals surface area contributed by atoms with Gasteiger partial charge in [-0.1, -0.05) is 36.4 Å². The summed E-state index contributed by atoms with van der Waals surface area (Å²) in [7, 11) is 6.87. The third-order valence-electron chi connectivity index (χ3n) is 7.17. The predicted molar refractivity (Wildman–Crippen MR) is 172 cm³/mol. The van der Waals surface area contributed by atoms with Crippen LogP contribution in [-0.4, -0.2) is 45.1 Å². The topological polar surface area (TPSA) is 108 Å².